The van der Waals surface area contributed by atoms with Crippen molar-refractivity contribution in [2.45, 2.75) is 51.1 Å². The van der Waals surface area contributed by atoms with Gasteiger partial charge >= 0.3 is 0 Å². The molecule has 2 aromatic heterocycles. The molecule has 0 atom stereocenters. The predicted molar refractivity (Wildman–Crippen MR) is 126 cm³/mol. The lowest BCUT2D eigenvalue weighted by atomic mass is 10.1. The summed E-state index contributed by atoms with van der Waals surface area (Å²) in [6, 6.07) is 6.22. The summed E-state index contributed by atoms with van der Waals surface area (Å²) >= 11 is 0. The van der Waals surface area contributed by atoms with Crippen LogP contribution in [0.2, 0.25) is 0 Å². The number of pyridine rings is 1. The van der Waals surface area contributed by atoms with Crippen molar-refractivity contribution < 1.29 is 9.47 Å². The molecule has 0 aliphatic heterocycles. The monoisotopic (exact) mass is 444 g/mol. The summed E-state index contributed by atoms with van der Waals surface area (Å²) in [5.41, 5.74) is 6.31. The van der Waals surface area contributed by atoms with Crippen LogP contribution < -0.4 is 21.7 Å². The molecule has 0 aromatic carbocycles. The fourth-order valence-electron chi connectivity index (χ4n) is 3.52. The standard InChI is InChI=1S/C22H36N8O2/c23-10-13-31-15-16-32-14-12-25-20-28-21(26-17-19-9-5-6-11-24-19)30-22(29-20)27-18-7-3-1-2-4-8-18/h5-6,9,11,18H,1-4,7-8,10,12-17,23H2,(H3,25,26,27,28,29,30). The van der Waals surface area contributed by atoms with E-state index in [0.29, 0.717) is 69.9 Å². The summed E-state index contributed by atoms with van der Waals surface area (Å²) in [5.74, 6) is 1.62. The van der Waals surface area contributed by atoms with E-state index in [1.165, 1.54) is 25.7 Å². The molecular weight excluding hydrogens is 408 g/mol. The van der Waals surface area contributed by atoms with E-state index in [4.69, 9.17) is 15.2 Å². The van der Waals surface area contributed by atoms with Gasteiger partial charge < -0.3 is 31.2 Å². The highest BCUT2D eigenvalue weighted by molar-refractivity contribution is 5.42. The minimum absolute atomic E-state index is 0.397. The van der Waals surface area contributed by atoms with Crippen LogP contribution in [-0.2, 0) is 16.0 Å². The average Bonchev–Trinajstić information content (AvgIpc) is 3.09. The lowest BCUT2D eigenvalue weighted by Crippen LogP contribution is -2.22. The zero-order valence-corrected chi connectivity index (χ0v) is 18.8. The van der Waals surface area contributed by atoms with Gasteiger partial charge in [-0.2, -0.15) is 15.0 Å². The van der Waals surface area contributed by atoms with E-state index >= 15 is 0 Å². The van der Waals surface area contributed by atoms with Crippen molar-refractivity contribution in [2.24, 2.45) is 5.73 Å². The molecule has 5 N–H and O–H groups in total. The van der Waals surface area contributed by atoms with Crippen molar-refractivity contribution in [3.05, 3.63) is 30.1 Å². The van der Waals surface area contributed by atoms with Crippen molar-refractivity contribution in [3.8, 4) is 0 Å². The third-order valence-electron chi connectivity index (χ3n) is 5.14. The zero-order valence-electron chi connectivity index (χ0n) is 18.8. The number of rotatable bonds is 14. The molecule has 0 spiro atoms. The van der Waals surface area contributed by atoms with Gasteiger partial charge in [-0.3, -0.25) is 4.98 Å². The number of ether oxygens (including phenoxy) is 2. The Bertz CT molecular complexity index is 757. The van der Waals surface area contributed by atoms with Crippen LogP contribution in [0.25, 0.3) is 0 Å². The number of aromatic nitrogens is 4. The van der Waals surface area contributed by atoms with Crippen molar-refractivity contribution in [2.75, 3.05) is 55.5 Å². The van der Waals surface area contributed by atoms with Gasteiger partial charge in [0, 0.05) is 25.3 Å². The van der Waals surface area contributed by atoms with Gasteiger partial charge in [0.05, 0.1) is 38.7 Å². The molecule has 10 nitrogen and oxygen atoms in total. The lowest BCUT2D eigenvalue weighted by Gasteiger charge is -2.17. The van der Waals surface area contributed by atoms with Gasteiger partial charge in [0.25, 0.3) is 0 Å². The molecule has 0 saturated heterocycles. The van der Waals surface area contributed by atoms with Gasteiger partial charge in [0.2, 0.25) is 17.8 Å². The fraction of sp³-hybridized carbons (Fsp3) is 0.636. The highest BCUT2D eigenvalue weighted by Gasteiger charge is 2.15. The van der Waals surface area contributed by atoms with Crippen LogP contribution in [0.4, 0.5) is 17.8 Å². The third kappa shape index (κ3) is 9.29. The first kappa shape index (κ1) is 24.1. The lowest BCUT2D eigenvalue weighted by molar-refractivity contribution is 0.0547. The Morgan fingerprint density at radius 1 is 0.844 bits per heavy atom. The Morgan fingerprint density at radius 3 is 2.28 bits per heavy atom. The van der Waals surface area contributed by atoms with Crippen molar-refractivity contribution in [3.63, 3.8) is 0 Å². The first-order chi connectivity index (χ1) is 15.8. The smallest absolute Gasteiger partial charge is 0.229 e. The van der Waals surface area contributed by atoms with Crippen LogP contribution in [0.5, 0.6) is 0 Å². The van der Waals surface area contributed by atoms with Gasteiger partial charge in [0.1, 0.15) is 0 Å². The molecule has 10 heteroatoms. The van der Waals surface area contributed by atoms with E-state index in [2.05, 4.69) is 35.9 Å². The maximum absolute atomic E-state index is 5.56. The SMILES string of the molecule is NCCOCCOCCNc1nc(NCc2ccccn2)nc(NC2CCCCCC2)n1. The Labute approximate surface area is 190 Å². The summed E-state index contributed by atoms with van der Waals surface area (Å²) in [6.45, 7) is 3.80. The maximum Gasteiger partial charge on any atom is 0.229 e. The molecule has 0 bridgehead atoms. The molecule has 0 radical (unpaired) electrons. The first-order valence-electron chi connectivity index (χ1n) is 11.6. The first-order valence-corrected chi connectivity index (χ1v) is 11.6. The Balaban J connectivity index is 1.55. The molecule has 0 amide bonds. The Kier molecular flexibility index (Phi) is 10.9. The number of nitrogens with one attached hydrogen (secondary N) is 3. The van der Waals surface area contributed by atoms with Gasteiger partial charge in [0.15, 0.2) is 0 Å². The average molecular weight is 445 g/mol. The van der Waals surface area contributed by atoms with Crippen LogP contribution in [0.1, 0.15) is 44.2 Å². The number of anilines is 3. The van der Waals surface area contributed by atoms with E-state index in [9.17, 15) is 0 Å². The van der Waals surface area contributed by atoms with Crippen LogP contribution in [0.15, 0.2) is 24.4 Å². The molecule has 0 unspecified atom stereocenters. The topological polar surface area (TPSA) is 132 Å². The second-order valence-corrected chi connectivity index (χ2v) is 7.75. The van der Waals surface area contributed by atoms with Crippen LogP contribution in [0, 0.1) is 0 Å². The predicted octanol–water partition coefficient (Wildman–Crippen LogP) is 2.42. The molecule has 1 aliphatic carbocycles. The van der Waals surface area contributed by atoms with Gasteiger partial charge in [-0.1, -0.05) is 31.7 Å². The minimum atomic E-state index is 0.397. The van der Waals surface area contributed by atoms with Gasteiger partial charge in [-0.15, -0.1) is 0 Å². The second-order valence-electron chi connectivity index (χ2n) is 7.75. The second kappa shape index (κ2) is 14.5. The number of hydrogen-bond acceptors (Lipinski definition) is 10. The van der Waals surface area contributed by atoms with Crippen molar-refractivity contribution in [1.29, 1.82) is 0 Å². The molecule has 32 heavy (non-hydrogen) atoms. The summed E-state index contributed by atoms with van der Waals surface area (Å²) in [4.78, 5) is 18.0. The molecule has 3 rings (SSSR count). The molecule has 1 aliphatic rings. The van der Waals surface area contributed by atoms with Crippen molar-refractivity contribution in [1.82, 2.24) is 19.9 Å². The molecule has 2 aromatic rings. The number of nitrogens with zero attached hydrogens (tertiary/aromatic N) is 4. The van der Waals surface area contributed by atoms with E-state index in [-0.39, 0.29) is 0 Å². The largest absolute Gasteiger partial charge is 0.378 e. The highest BCUT2D eigenvalue weighted by atomic mass is 16.5. The summed E-state index contributed by atoms with van der Waals surface area (Å²) in [6.07, 6.45) is 9.15. The number of nitrogens with two attached hydrogens (primary N) is 1. The molecule has 1 fully saturated rings. The quantitative estimate of drug-likeness (QED) is 0.254. The van der Waals surface area contributed by atoms with Crippen LogP contribution >= 0.6 is 0 Å². The Morgan fingerprint density at radius 2 is 1.56 bits per heavy atom. The highest BCUT2D eigenvalue weighted by Crippen LogP contribution is 2.20. The summed E-state index contributed by atoms with van der Waals surface area (Å²) in [7, 11) is 0. The maximum atomic E-state index is 5.56. The molecule has 176 valence electrons. The van der Waals surface area contributed by atoms with Crippen LogP contribution in [0.3, 0.4) is 0 Å². The minimum Gasteiger partial charge on any atom is -0.378 e. The zero-order chi connectivity index (χ0) is 22.3. The van der Waals surface area contributed by atoms with E-state index < -0.39 is 0 Å². The Hall–Kier alpha value is -2.56. The molecule has 1 saturated carbocycles. The molecule has 2 heterocycles. The van der Waals surface area contributed by atoms with Gasteiger partial charge in [-0.05, 0) is 25.0 Å². The summed E-state index contributed by atoms with van der Waals surface area (Å²) < 4.78 is 10.9. The summed E-state index contributed by atoms with van der Waals surface area (Å²) in [5, 5.41) is 10.0. The van der Waals surface area contributed by atoms with E-state index in [1.807, 2.05) is 18.2 Å². The number of hydrogen-bond donors (Lipinski definition) is 4. The van der Waals surface area contributed by atoms with E-state index in [0.717, 1.165) is 18.5 Å². The van der Waals surface area contributed by atoms with Crippen LogP contribution in [-0.4, -0.2) is 65.5 Å². The van der Waals surface area contributed by atoms with E-state index in [1.54, 1.807) is 6.20 Å². The fourth-order valence-corrected chi connectivity index (χ4v) is 3.52. The third-order valence-corrected chi connectivity index (χ3v) is 5.14. The normalized spacial score (nSPS) is 14.7. The van der Waals surface area contributed by atoms with Crippen molar-refractivity contribution >= 4 is 17.8 Å². The molecular formula is C22H36N8O2. The van der Waals surface area contributed by atoms with Gasteiger partial charge in [-0.25, -0.2) is 0 Å².